The van der Waals surface area contributed by atoms with Crippen LogP contribution in [0.4, 0.5) is 9.59 Å². The standard InChI is InChI=1S/C23H36N2O8/c1-6-18(26)30-12-14-32-20(28)24-11-10-23(9-7-8-22(4,5)16-23)25-21(29)33-15-13-31-19(27)17(2)3/h6H,1-2,7-16H2,3-5H3,(H,24,28)(H,25,29). The van der Waals surface area contributed by atoms with Crippen LogP contribution in [0.2, 0.25) is 0 Å². The fourth-order valence-electron chi connectivity index (χ4n) is 3.82. The third-order valence-corrected chi connectivity index (χ3v) is 5.19. The monoisotopic (exact) mass is 468 g/mol. The number of carbonyl (C=O) groups is 4. The van der Waals surface area contributed by atoms with Gasteiger partial charge in [-0.2, -0.15) is 0 Å². The lowest BCUT2D eigenvalue weighted by atomic mass is 9.67. The van der Waals surface area contributed by atoms with Crippen LogP contribution in [0.1, 0.15) is 52.9 Å². The molecule has 0 saturated heterocycles. The minimum absolute atomic E-state index is 0.0120. The van der Waals surface area contributed by atoms with Gasteiger partial charge in [-0.1, -0.05) is 33.4 Å². The highest BCUT2D eigenvalue weighted by Gasteiger charge is 2.41. The predicted octanol–water partition coefficient (Wildman–Crippen LogP) is 3.02. The number of nitrogens with one attached hydrogen (secondary N) is 2. The van der Waals surface area contributed by atoms with Gasteiger partial charge < -0.3 is 29.6 Å². The van der Waals surface area contributed by atoms with Crippen molar-refractivity contribution in [3.8, 4) is 0 Å². The fraction of sp³-hybridized carbons (Fsp3) is 0.652. The molecule has 0 radical (unpaired) electrons. The van der Waals surface area contributed by atoms with E-state index in [0.29, 0.717) is 12.8 Å². The van der Waals surface area contributed by atoms with Crippen molar-refractivity contribution in [2.24, 2.45) is 5.41 Å². The summed E-state index contributed by atoms with van der Waals surface area (Å²) >= 11 is 0. The molecule has 0 aromatic rings. The topological polar surface area (TPSA) is 129 Å². The van der Waals surface area contributed by atoms with Crippen LogP contribution < -0.4 is 10.6 Å². The summed E-state index contributed by atoms with van der Waals surface area (Å²) in [4.78, 5) is 46.6. The number of alkyl carbamates (subject to hydrolysis) is 2. The molecule has 0 bridgehead atoms. The first-order valence-corrected chi connectivity index (χ1v) is 11.0. The molecular formula is C23H36N2O8. The highest BCUT2D eigenvalue weighted by molar-refractivity contribution is 5.86. The molecule has 10 nitrogen and oxygen atoms in total. The maximum absolute atomic E-state index is 12.4. The highest BCUT2D eigenvalue weighted by atomic mass is 16.6. The summed E-state index contributed by atoms with van der Waals surface area (Å²) in [5.41, 5.74) is -0.274. The van der Waals surface area contributed by atoms with Gasteiger partial charge in [0.25, 0.3) is 0 Å². The lowest BCUT2D eigenvalue weighted by molar-refractivity contribution is -0.140. The average Bonchev–Trinajstić information content (AvgIpc) is 2.73. The molecule has 1 unspecified atom stereocenters. The van der Waals surface area contributed by atoms with Gasteiger partial charge in [-0.3, -0.25) is 0 Å². The van der Waals surface area contributed by atoms with Gasteiger partial charge in [0.15, 0.2) is 0 Å². The van der Waals surface area contributed by atoms with Crippen LogP contribution in [0.3, 0.4) is 0 Å². The first-order valence-electron chi connectivity index (χ1n) is 11.0. The van der Waals surface area contributed by atoms with Crippen LogP contribution in [0.15, 0.2) is 24.8 Å². The number of ether oxygens (including phenoxy) is 4. The van der Waals surface area contributed by atoms with Crippen LogP contribution in [0.25, 0.3) is 0 Å². The number of esters is 2. The molecule has 0 heterocycles. The molecule has 2 N–H and O–H groups in total. The maximum atomic E-state index is 12.4. The van der Waals surface area contributed by atoms with E-state index in [2.05, 4.69) is 37.6 Å². The van der Waals surface area contributed by atoms with Crippen molar-refractivity contribution in [1.29, 1.82) is 0 Å². The Hall–Kier alpha value is -3.04. The molecule has 1 aliphatic carbocycles. The fourth-order valence-corrected chi connectivity index (χ4v) is 3.82. The summed E-state index contributed by atoms with van der Waals surface area (Å²) < 4.78 is 19.8. The van der Waals surface area contributed by atoms with Crippen molar-refractivity contribution in [2.45, 2.75) is 58.4 Å². The van der Waals surface area contributed by atoms with Gasteiger partial charge in [0, 0.05) is 23.7 Å². The highest BCUT2D eigenvalue weighted by Crippen LogP contribution is 2.42. The Morgan fingerprint density at radius 3 is 2.15 bits per heavy atom. The Bertz CT molecular complexity index is 734. The van der Waals surface area contributed by atoms with Crippen molar-refractivity contribution in [3.63, 3.8) is 0 Å². The Kier molecular flexibility index (Phi) is 11.4. The smallest absolute Gasteiger partial charge is 0.407 e. The Morgan fingerprint density at radius 2 is 1.55 bits per heavy atom. The van der Waals surface area contributed by atoms with E-state index in [9.17, 15) is 19.2 Å². The van der Waals surface area contributed by atoms with Gasteiger partial charge >= 0.3 is 24.1 Å². The summed E-state index contributed by atoms with van der Waals surface area (Å²) in [6.07, 6.45) is 3.67. The molecule has 1 fully saturated rings. The molecule has 0 aromatic carbocycles. The van der Waals surface area contributed by atoms with E-state index in [1.165, 1.54) is 6.92 Å². The SMILES string of the molecule is C=CC(=O)OCCOC(=O)NCCC1(NC(=O)OCCOC(=O)C(=C)C)CCCC(C)(C)C1. The zero-order valence-corrected chi connectivity index (χ0v) is 19.8. The third kappa shape index (κ3) is 11.4. The molecular weight excluding hydrogens is 432 g/mol. The molecule has 2 amide bonds. The van der Waals surface area contributed by atoms with E-state index in [0.717, 1.165) is 25.3 Å². The second-order valence-electron chi connectivity index (χ2n) is 8.84. The van der Waals surface area contributed by atoms with E-state index in [1.807, 2.05) is 0 Å². The van der Waals surface area contributed by atoms with Gasteiger partial charge in [0.1, 0.15) is 26.4 Å². The quantitative estimate of drug-likeness (QED) is 0.194. The van der Waals surface area contributed by atoms with E-state index in [1.54, 1.807) is 0 Å². The third-order valence-electron chi connectivity index (χ3n) is 5.19. The van der Waals surface area contributed by atoms with Gasteiger partial charge in [-0.05, 0) is 38.0 Å². The molecule has 0 spiro atoms. The minimum Gasteiger partial charge on any atom is -0.459 e. The average molecular weight is 469 g/mol. The molecule has 1 rings (SSSR count). The maximum Gasteiger partial charge on any atom is 0.407 e. The van der Waals surface area contributed by atoms with Crippen LogP contribution >= 0.6 is 0 Å². The minimum atomic E-state index is -0.642. The molecule has 10 heteroatoms. The Balaban J connectivity index is 2.50. The van der Waals surface area contributed by atoms with Crippen LogP contribution in [-0.2, 0) is 28.5 Å². The number of hydrogen-bond acceptors (Lipinski definition) is 8. The molecule has 1 saturated carbocycles. The number of rotatable bonds is 12. The van der Waals surface area contributed by atoms with Crippen molar-refractivity contribution >= 4 is 24.1 Å². The van der Waals surface area contributed by atoms with Crippen LogP contribution in [-0.4, -0.2) is 62.6 Å². The van der Waals surface area contributed by atoms with E-state index in [4.69, 9.17) is 18.9 Å². The van der Waals surface area contributed by atoms with Crippen molar-refractivity contribution in [3.05, 3.63) is 24.8 Å². The van der Waals surface area contributed by atoms with Gasteiger partial charge in [-0.25, -0.2) is 19.2 Å². The molecule has 0 aromatic heterocycles. The van der Waals surface area contributed by atoms with Crippen molar-refractivity contribution in [2.75, 3.05) is 33.0 Å². The Labute approximate surface area is 195 Å². The predicted molar refractivity (Wildman–Crippen MR) is 120 cm³/mol. The van der Waals surface area contributed by atoms with Crippen molar-refractivity contribution in [1.82, 2.24) is 10.6 Å². The van der Waals surface area contributed by atoms with Gasteiger partial charge in [-0.15, -0.1) is 0 Å². The van der Waals surface area contributed by atoms with E-state index < -0.39 is 29.7 Å². The molecule has 186 valence electrons. The van der Waals surface area contributed by atoms with Crippen LogP contribution in [0.5, 0.6) is 0 Å². The summed E-state index contributed by atoms with van der Waals surface area (Å²) in [7, 11) is 0. The first-order chi connectivity index (χ1) is 15.5. The number of carbonyl (C=O) groups excluding carboxylic acids is 4. The van der Waals surface area contributed by atoms with E-state index >= 15 is 0 Å². The lowest BCUT2D eigenvalue weighted by Crippen LogP contribution is -2.54. The summed E-state index contributed by atoms with van der Waals surface area (Å²) in [6.45, 7) is 12.6. The Morgan fingerprint density at radius 1 is 0.939 bits per heavy atom. The first kappa shape index (κ1) is 28.0. The molecule has 0 aliphatic heterocycles. The number of hydrogen-bond donors (Lipinski definition) is 2. The molecule has 33 heavy (non-hydrogen) atoms. The zero-order valence-electron chi connectivity index (χ0n) is 19.8. The largest absolute Gasteiger partial charge is 0.459 e. The van der Waals surface area contributed by atoms with Gasteiger partial charge in [0.2, 0.25) is 0 Å². The number of amides is 2. The normalized spacial score (nSPS) is 18.9. The van der Waals surface area contributed by atoms with Gasteiger partial charge in [0.05, 0.1) is 0 Å². The molecule has 1 aliphatic rings. The van der Waals surface area contributed by atoms with Crippen LogP contribution in [0, 0.1) is 5.41 Å². The van der Waals surface area contributed by atoms with Crippen molar-refractivity contribution < 1.29 is 38.1 Å². The summed E-state index contributed by atoms with van der Waals surface area (Å²) in [6, 6.07) is 0. The van der Waals surface area contributed by atoms with E-state index in [-0.39, 0.29) is 44.0 Å². The second-order valence-corrected chi connectivity index (χ2v) is 8.84. The summed E-state index contributed by atoms with van der Waals surface area (Å²) in [5, 5.41) is 5.62. The summed E-state index contributed by atoms with van der Waals surface area (Å²) in [5.74, 6) is -1.13. The second kappa shape index (κ2) is 13.5. The lowest BCUT2D eigenvalue weighted by Gasteiger charge is -2.45. The zero-order chi connectivity index (χ0) is 24.9. The molecule has 1 atom stereocenters.